The lowest BCUT2D eigenvalue weighted by Gasteiger charge is -2.03. The Labute approximate surface area is 75.2 Å². The van der Waals surface area contributed by atoms with Crippen molar-refractivity contribution in [2.45, 2.75) is 12.8 Å². The minimum absolute atomic E-state index is 0.170. The Hall–Kier alpha value is -1.58. The van der Waals surface area contributed by atoms with Crippen molar-refractivity contribution in [3.8, 4) is 0 Å². The number of carboxylic acids is 2. The van der Waals surface area contributed by atoms with Crippen LogP contribution in [0.15, 0.2) is 23.8 Å². The van der Waals surface area contributed by atoms with Crippen molar-refractivity contribution in [2.24, 2.45) is 5.92 Å². The summed E-state index contributed by atoms with van der Waals surface area (Å²) >= 11 is 0. The van der Waals surface area contributed by atoms with Gasteiger partial charge in [0.05, 0.1) is 11.5 Å². The fourth-order valence-corrected chi connectivity index (χ4v) is 1.15. The molecule has 0 spiro atoms. The SMILES string of the molecule is O=C(O)C1=CC[C@H](C(=O)O)CC=C1. The summed E-state index contributed by atoms with van der Waals surface area (Å²) < 4.78 is 0. The first-order valence-corrected chi connectivity index (χ1v) is 3.94. The first-order chi connectivity index (χ1) is 6.11. The maximum absolute atomic E-state index is 10.6. The highest BCUT2D eigenvalue weighted by atomic mass is 16.4. The predicted octanol–water partition coefficient (Wildman–Crippen LogP) is 1.05. The maximum atomic E-state index is 10.6. The summed E-state index contributed by atoms with van der Waals surface area (Å²) in [7, 11) is 0. The van der Waals surface area contributed by atoms with Gasteiger partial charge in [-0.3, -0.25) is 4.79 Å². The molecule has 2 N–H and O–H groups in total. The summed E-state index contributed by atoms with van der Waals surface area (Å²) in [6.45, 7) is 0. The van der Waals surface area contributed by atoms with E-state index in [2.05, 4.69) is 0 Å². The highest BCUT2D eigenvalue weighted by Gasteiger charge is 2.17. The van der Waals surface area contributed by atoms with Gasteiger partial charge in [0.2, 0.25) is 0 Å². The number of aliphatic carboxylic acids is 2. The zero-order chi connectivity index (χ0) is 9.84. The second-order valence-corrected chi connectivity index (χ2v) is 2.87. The molecule has 1 aliphatic carbocycles. The van der Waals surface area contributed by atoms with Crippen LogP contribution in [0, 0.1) is 5.92 Å². The van der Waals surface area contributed by atoms with E-state index in [4.69, 9.17) is 10.2 Å². The molecule has 0 saturated heterocycles. The molecule has 0 aromatic carbocycles. The summed E-state index contributed by atoms with van der Waals surface area (Å²) in [6, 6.07) is 0. The van der Waals surface area contributed by atoms with E-state index >= 15 is 0 Å². The smallest absolute Gasteiger partial charge is 0.335 e. The molecule has 0 amide bonds. The summed E-state index contributed by atoms with van der Waals surface area (Å²) in [5.41, 5.74) is 0.170. The van der Waals surface area contributed by atoms with Gasteiger partial charge in [-0.1, -0.05) is 18.2 Å². The predicted molar refractivity (Wildman–Crippen MR) is 45.2 cm³/mol. The molecular weight excluding hydrogens is 172 g/mol. The third-order valence-electron chi connectivity index (χ3n) is 1.94. The van der Waals surface area contributed by atoms with Gasteiger partial charge in [-0.25, -0.2) is 4.79 Å². The van der Waals surface area contributed by atoms with Gasteiger partial charge in [-0.2, -0.15) is 0 Å². The molecule has 13 heavy (non-hydrogen) atoms. The van der Waals surface area contributed by atoms with Crippen LogP contribution in [0.1, 0.15) is 12.8 Å². The summed E-state index contributed by atoms with van der Waals surface area (Å²) in [5.74, 6) is -2.39. The number of carboxylic acid groups (broad SMARTS) is 2. The lowest BCUT2D eigenvalue weighted by Crippen LogP contribution is -2.11. The minimum Gasteiger partial charge on any atom is -0.481 e. The standard InChI is InChI=1S/C9H10O4/c10-8(11)6-2-1-3-7(5-4-6)9(12)13/h1-2,4,7H,3,5H2,(H,10,11)(H,12,13)/t7-/m1/s1. The number of allylic oxidation sites excluding steroid dienone is 2. The summed E-state index contributed by atoms with van der Waals surface area (Å²) in [5, 5.41) is 17.3. The van der Waals surface area contributed by atoms with Gasteiger partial charge in [0.1, 0.15) is 0 Å². The Morgan fingerprint density at radius 1 is 1.31 bits per heavy atom. The average molecular weight is 182 g/mol. The van der Waals surface area contributed by atoms with E-state index in [9.17, 15) is 9.59 Å². The van der Waals surface area contributed by atoms with Crippen molar-refractivity contribution in [1.82, 2.24) is 0 Å². The molecule has 0 aromatic heterocycles. The van der Waals surface area contributed by atoms with Crippen LogP contribution < -0.4 is 0 Å². The molecule has 0 saturated carbocycles. The number of hydrogen-bond donors (Lipinski definition) is 2. The van der Waals surface area contributed by atoms with Gasteiger partial charge in [0.15, 0.2) is 0 Å². The molecule has 0 heterocycles. The molecule has 0 fully saturated rings. The third-order valence-corrected chi connectivity index (χ3v) is 1.94. The number of hydrogen-bond acceptors (Lipinski definition) is 2. The second-order valence-electron chi connectivity index (χ2n) is 2.87. The summed E-state index contributed by atoms with van der Waals surface area (Å²) in [6.07, 6.45) is 5.16. The van der Waals surface area contributed by atoms with E-state index < -0.39 is 17.9 Å². The highest BCUT2D eigenvalue weighted by Crippen LogP contribution is 2.17. The second kappa shape index (κ2) is 3.89. The molecule has 4 nitrogen and oxygen atoms in total. The molecular formula is C9H10O4. The lowest BCUT2D eigenvalue weighted by atomic mass is 10.0. The fraction of sp³-hybridized carbons (Fsp3) is 0.333. The Balaban J connectivity index is 2.75. The molecule has 1 atom stereocenters. The van der Waals surface area contributed by atoms with E-state index in [0.29, 0.717) is 6.42 Å². The van der Waals surface area contributed by atoms with Crippen molar-refractivity contribution >= 4 is 11.9 Å². The molecule has 0 aromatic rings. The van der Waals surface area contributed by atoms with Crippen molar-refractivity contribution in [3.05, 3.63) is 23.8 Å². The average Bonchev–Trinajstić information content (AvgIpc) is 2.27. The first-order valence-electron chi connectivity index (χ1n) is 3.94. The van der Waals surface area contributed by atoms with Crippen LogP contribution in [-0.4, -0.2) is 22.2 Å². The normalized spacial score (nSPS) is 21.8. The quantitative estimate of drug-likeness (QED) is 0.669. The van der Waals surface area contributed by atoms with Crippen LogP contribution in [0.3, 0.4) is 0 Å². The molecule has 4 heteroatoms. The van der Waals surface area contributed by atoms with Crippen LogP contribution in [-0.2, 0) is 9.59 Å². The van der Waals surface area contributed by atoms with Gasteiger partial charge in [0.25, 0.3) is 0 Å². The molecule has 0 bridgehead atoms. The van der Waals surface area contributed by atoms with E-state index in [1.54, 1.807) is 6.08 Å². The van der Waals surface area contributed by atoms with Crippen LogP contribution in [0.2, 0.25) is 0 Å². The molecule has 1 aliphatic rings. The maximum Gasteiger partial charge on any atom is 0.335 e. The van der Waals surface area contributed by atoms with Gasteiger partial charge in [0, 0.05) is 0 Å². The number of carbonyl (C=O) groups is 2. The highest BCUT2D eigenvalue weighted by molar-refractivity contribution is 5.90. The van der Waals surface area contributed by atoms with Crippen molar-refractivity contribution in [1.29, 1.82) is 0 Å². The Morgan fingerprint density at radius 2 is 2.00 bits per heavy atom. The molecule has 0 unspecified atom stereocenters. The minimum atomic E-state index is -1.01. The Bertz CT molecular complexity index is 288. The van der Waals surface area contributed by atoms with Crippen molar-refractivity contribution in [3.63, 3.8) is 0 Å². The van der Waals surface area contributed by atoms with E-state index in [0.717, 1.165) is 0 Å². The monoisotopic (exact) mass is 182 g/mol. The van der Waals surface area contributed by atoms with Gasteiger partial charge < -0.3 is 10.2 Å². The molecule has 1 rings (SSSR count). The Morgan fingerprint density at radius 3 is 2.54 bits per heavy atom. The van der Waals surface area contributed by atoms with Crippen LogP contribution in [0.4, 0.5) is 0 Å². The molecule has 0 aliphatic heterocycles. The van der Waals surface area contributed by atoms with E-state index in [1.807, 2.05) is 0 Å². The number of rotatable bonds is 2. The van der Waals surface area contributed by atoms with Crippen molar-refractivity contribution < 1.29 is 19.8 Å². The van der Waals surface area contributed by atoms with Crippen LogP contribution in [0.5, 0.6) is 0 Å². The zero-order valence-corrected chi connectivity index (χ0v) is 6.93. The van der Waals surface area contributed by atoms with Gasteiger partial charge in [-0.15, -0.1) is 0 Å². The first kappa shape index (κ1) is 9.51. The lowest BCUT2D eigenvalue weighted by molar-refractivity contribution is -0.141. The van der Waals surface area contributed by atoms with Gasteiger partial charge >= 0.3 is 11.9 Å². The topological polar surface area (TPSA) is 74.6 Å². The Kier molecular flexibility index (Phi) is 2.84. The van der Waals surface area contributed by atoms with E-state index in [1.165, 1.54) is 12.2 Å². The third kappa shape index (κ3) is 2.43. The van der Waals surface area contributed by atoms with E-state index in [-0.39, 0.29) is 12.0 Å². The fourth-order valence-electron chi connectivity index (χ4n) is 1.15. The van der Waals surface area contributed by atoms with Crippen molar-refractivity contribution in [2.75, 3.05) is 0 Å². The molecule has 0 radical (unpaired) electrons. The summed E-state index contributed by atoms with van der Waals surface area (Å²) in [4.78, 5) is 21.1. The largest absolute Gasteiger partial charge is 0.481 e. The van der Waals surface area contributed by atoms with Gasteiger partial charge in [-0.05, 0) is 12.8 Å². The molecule has 70 valence electrons. The van der Waals surface area contributed by atoms with Crippen LogP contribution >= 0.6 is 0 Å². The zero-order valence-electron chi connectivity index (χ0n) is 6.93. The van der Waals surface area contributed by atoms with Crippen LogP contribution in [0.25, 0.3) is 0 Å².